The van der Waals surface area contributed by atoms with Crippen LogP contribution < -0.4 is 0 Å². The zero-order valence-corrected chi connectivity index (χ0v) is 38.5. The molecule has 0 spiro atoms. The van der Waals surface area contributed by atoms with Gasteiger partial charge in [0.15, 0.2) is 0 Å². The zero-order chi connectivity index (χ0) is 45.0. The largest absolute Gasteiger partial charge is 0.309 e. The lowest BCUT2D eigenvalue weighted by atomic mass is 9.84. The molecule has 0 saturated carbocycles. The first-order valence-electron chi connectivity index (χ1n) is 23.1. The second kappa shape index (κ2) is 15.1. The summed E-state index contributed by atoms with van der Waals surface area (Å²) < 4.78 is 10.2. The van der Waals surface area contributed by atoms with Crippen LogP contribution in [0.1, 0.15) is 11.1 Å². The van der Waals surface area contributed by atoms with E-state index in [1.165, 1.54) is 73.4 Å². The van der Waals surface area contributed by atoms with Crippen molar-refractivity contribution in [3.8, 4) is 56.1 Å². The van der Waals surface area contributed by atoms with Crippen LogP contribution in [0.4, 0.5) is 0 Å². The van der Waals surface area contributed by atoms with Crippen molar-refractivity contribution in [3.63, 3.8) is 0 Å². The molecule has 1 aliphatic rings. The number of benzene rings is 9. The van der Waals surface area contributed by atoms with Crippen molar-refractivity contribution in [2.45, 2.75) is 0 Å². The third-order valence-electron chi connectivity index (χ3n) is 14.1. The van der Waals surface area contributed by atoms with Gasteiger partial charge in [-0.25, -0.2) is 0 Å². The average molecular weight is 901 g/mol. The van der Waals surface area contributed by atoms with Crippen LogP contribution in [0.5, 0.6) is 0 Å². The Morgan fingerprint density at radius 2 is 0.676 bits per heavy atom. The fraction of sp³-hybridized carbons (Fsp3) is 0. The van der Waals surface area contributed by atoms with Crippen LogP contribution in [0.3, 0.4) is 0 Å². The molecule has 4 heteroatoms. The number of thiophene rings is 2. The Morgan fingerprint density at radius 3 is 1.10 bits per heavy atom. The highest BCUT2D eigenvalue weighted by Gasteiger charge is 2.32. The third kappa shape index (κ3) is 5.69. The van der Waals surface area contributed by atoms with Crippen LogP contribution >= 0.6 is 22.7 Å². The summed E-state index contributed by atoms with van der Waals surface area (Å²) in [5, 5.41) is 7.57. The highest BCUT2D eigenvalue weighted by atomic mass is 32.1. The minimum absolute atomic E-state index is 1.06. The Morgan fingerprint density at radius 1 is 0.324 bits per heavy atom. The molecule has 2 nitrogen and oxygen atoms in total. The molecule has 318 valence electrons. The van der Waals surface area contributed by atoms with Crippen LogP contribution in [0.15, 0.2) is 232 Å². The summed E-state index contributed by atoms with van der Waals surface area (Å²) in [7, 11) is 0. The second-order valence-electron chi connectivity index (χ2n) is 17.6. The Labute approximate surface area is 401 Å². The van der Waals surface area contributed by atoms with E-state index in [-0.39, 0.29) is 0 Å². The molecule has 9 aromatic carbocycles. The molecule has 0 amide bonds. The van der Waals surface area contributed by atoms with E-state index >= 15 is 0 Å². The van der Waals surface area contributed by atoms with E-state index < -0.39 is 0 Å². The molecule has 13 aromatic rings. The van der Waals surface area contributed by atoms with Gasteiger partial charge in [0.05, 0.1) is 22.4 Å². The number of para-hydroxylation sites is 2. The molecule has 0 radical (unpaired) electrons. The molecule has 0 fully saturated rings. The molecule has 0 unspecified atom stereocenters. The van der Waals surface area contributed by atoms with Crippen molar-refractivity contribution in [3.05, 3.63) is 243 Å². The lowest BCUT2D eigenvalue weighted by Crippen LogP contribution is -2.05. The molecular weight excluding hydrogens is 861 g/mol. The van der Waals surface area contributed by atoms with Gasteiger partial charge in [-0.1, -0.05) is 159 Å². The number of hydrogen-bond acceptors (Lipinski definition) is 2. The second-order valence-corrected chi connectivity index (χ2v) is 19.8. The smallest absolute Gasteiger partial charge is 0.0626 e. The maximum atomic E-state index is 4.55. The highest BCUT2D eigenvalue weighted by Crippen LogP contribution is 2.52. The van der Waals surface area contributed by atoms with Gasteiger partial charge in [-0.3, -0.25) is 0 Å². The molecule has 0 atom stereocenters. The predicted octanol–water partition coefficient (Wildman–Crippen LogP) is 18.6. The molecule has 0 N–H and O–H groups in total. The van der Waals surface area contributed by atoms with Crippen LogP contribution in [0.2, 0.25) is 0 Å². The summed E-state index contributed by atoms with van der Waals surface area (Å²) >= 11 is 3.71. The number of rotatable bonds is 6. The van der Waals surface area contributed by atoms with E-state index in [1.807, 2.05) is 34.8 Å². The van der Waals surface area contributed by atoms with Crippen molar-refractivity contribution in [2.24, 2.45) is 0 Å². The van der Waals surface area contributed by atoms with Crippen molar-refractivity contribution in [2.75, 3.05) is 0 Å². The molecule has 0 bridgehead atoms. The van der Waals surface area contributed by atoms with Gasteiger partial charge in [-0.2, -0.15) is 0 Å². The first-order valence-corrected chi connectivity index (χ1v) is 24.7. The summed E-state index contributed by atoms with van der Waals surface area (Å²) in [6.45, 7) is 9.10. The summed E-state index contributed by atoms with van der Waals surface area (Å²) in [6.07, 6.45) is 4.10. The normalized spacial score (nSPS) is 13.5. The molecule has 4 aromatic heterocycles. The van der Waals surface area contributed by atoms with Crippen molar-refractivity contribution in [1.82, 2.24) is 9.13 Å². The Kier molecular flexibility index (Phi) is 8.66. The fourth-order valence-corrected chi connectivity index (χ4v) is 13.3. The number of allylic oxidation sites excluding steroid dienone is 4. The molecule has 14 rings (SSSR count). The first-order chi connectivity index (χ1) is 33.6. The van der Waals surface area contributed by atoms with Crippen LogP contribution in [-0.4, -0.2) is 9.13 Å². The minimum atomic E-state index is 1.06. The van der Waals surface area contributed by atoms with E-state index in [0.29, 0.717) is 0 Å². The summed E-state index contributed by atoms with van der Waals surface area (Å²) in [5.74, 6) is 0. The Hall–Kier alpha value is -8.28. The Balaban J connectivity index is 0.977. The van der Waals surface area contributed by atoms with Crippen molar-refractivity contribution >= 4 is 96.0 Å². The molecule has 68 heavy (non-hydrogen) atoms. The number of aromatic nitrogens is 2. The fourth-order valence-electron chi connectivity index (χ4n) is 11.1. The maximum absolute atomic E-state index is 4.55. The number of nitrogens with zero attached hydrogens (tertiary/aromatic N) is 2. The van der Waals surface area contributed by atoms with Gasteiger partial charge in [0.2, 0.25) is 0 Å². The third-order valence-corrected chi connectivity index (χ3v) is 16.4. The van der Waals surface area contributed by atoms with Crippen molar-refractivity contribution < 1.29 is 0 Å². The minimum Gasteiger partial charge on any atom is -0.309 e. The highest BCUT2D eigenvalue weighted by molar-refractivity contribution is 7.26. The monoisotopic (exact) mass is 900 g/mol. The average Bonchev–Trinajstić information content (AvgIpc) is 4.15. The molecule has 0 saturated heterocycles. The van der Waals surface area contributed by atoms with Crippen molar-refractivity contribution in [1.29, 1.82) is 0 Å². The summed E-state index contributed by atoms with van der Waals surface area (Å²) in [6, 6.07) is 76.1. The summed E-state index contributed by atoms with van der Waals surface area (Å²) in [4.78, 5) is 0. The van der Waals surface area contributed by atoms with Gasteiger partial charge in [-0.15, -0.1) is 22.7 Å². The van der Waals surface area contributed by atoms with Crippen LogP contribution in [-0.2, 0) is 0 Å². The van der Waals surface area contributed by atoms with Gasteiger partial charge in [0.25, 0.3) is 0 Å². The van der Waals surface area contributed by atoms with Gasteiger partial charge in [-0.05, 0) is 106 Å². The van der Waals surface area contributed by atoms with Gasteiger partial charge < -0.3 is 9.13 Å². The zero-order valence-electron chi connectivity index (χ0n) is 36.9. The summed E-state index contributed by atoms with van der Waals surface area (Å²) in [5.41, 5.74) is 18.2. The van der Waals surface area contributed by atoms with Gasteiger partial charge in [0.1, 0.15) is 0 Å². The van der Waals surface area contributed by atoms with E-state index in [9.17, 15) is 0 Å². The van der Waals surface area contributed by atoms with E-state index in [0.717, 1.165) is 67.2 Å². The molecule has 0 aliphatic heterocycles. The molecule has 4 heterocycles. The standard InChI is InChI=1S/C64H40N2S2/c1-3-45-46(4-2)62-52-20-8-12-22-56(52)66(44-33-27-40(28-34-44)42-30-36-60-54(38-42)48-16-10-14-24-58(48)68-60)64(62)50-18-6-5-17-49(50)63-61(45)51-19-7-11-21-55(51)65(63)43-31-25-39(26-32-43)41-29-35-59-53(37-41)47-15-9-13-23-57(47)67-59/h3-38H,1-2H2/b46-45-,61-45?,62-46?,63-49?,64-50?. The Bertz CT molecular complexity index is 4000. The lowest BCUT2D eigenvalue weighted by Gasteiger charge is -2.23. The van der Waals surface area contributed by atoms with E-state index in [1.54, 1.807) is 0 Å². The molecular formula is C64H40N2S2. The topological polar surface area (TPSA) is 9.86 Å². The predicted molar refractivity (Wildman–Crippen MR) is 295 cm³/mol. The number of fused-ring (bicyclic) bond motifs is 15. The van der Waals surface area contributed by atoms with Gasteiger partial charge >= 0.3 is 0 Å². The van der Waals surface area contributed by atoms with E-state index in [4.69, 9.17) is 0 Å². The van der Waals surface area contributed by atoms with E-state index in [2.05, 4.69) is 229 Å². The first kappa shape index (κ1) is 38.9. The SMILES string of the molecule is C=C/C1=C(\C=C)c2c(n(-c3ccc(-c4ccc5sc6ccccc6c5c4)cc3)c3ccccc23)-c2ccccc2-c2c1c1ccccc1n2-c1ccc(-c2ccc3sc4ccccc4c3c2)cc1. The molecule has 1 aliphatic carbocycles. The van der Waals surface area contributed by atoms with Gasteiger partial charge in [0, 0.05) is 84.7 Å². The quantitative estimate of drug-likeness (QED) is 0.157. The number of hydrogen-bond donors (Lipinski definition) is 0. The lowest BCUT2D eigenvalue weighted by molar-refractivity contribution is 1.12. The maximum Gasteiger partial charge on any atom is 0.0626 e. The van der Waals surface area contributed by atoms with Crippen LogP contribution in [0.25, 0.3) is 129 Å². The van der Waals surface area contributed by atoms with Crippen LogP contribution in [0, 0.1) is 0 Å².